The summed E-state index contributed by atoms with van der Waals surface area (Å²) in [5, 5.41) is -0.289. The molecule has 1 fully saturated rings. The SMILES string of the molecule is C=CCN1C(=O)S/C(=C/c2cc(Br)ccc2OCc2ccc(I)cc2)C1=O. The van der Waals surface area contributed by atoms with Gasteiger partial charge in [-0.25, -0.2) is 0 Å². The first-order valence-corrected chi connectivity index (χ1v) is 10.7. The van der Waals surface area contributed by atoms with Crippen molar-refractivity contribution in [3.63, 3.8) is 0 Å². The number of hydrogen-bond donors (Lipinski definition) is 0. The van der Waals surface area contributed by atoms with Crippen molar-refractivity contribution in [3.8, 4) is 5.75 Å². The Kier molecular flexibility index (Phi) is 6.78. The molecule has 0 atom stereocenters. The second kappa shape index (κ2) is 9.07. The van der Waals surface area contributed by atoms with Gasteiger partial charge in [0, 0.05) is 20.2 Å². The lowest BCUT2D eigenvalue weighted by Crippen LogP contribution is -2.27. The van der Waals surface area contributed by atoms with E-state index in [9.17, 15) is 9.59 Å². The van der Waals surface area contributed by atoms with Crippen LogP contribution in [-0.4, -0.2) is 22.6 Å². The average Bonchev–Trinajstić information content (AvgIpc) is 2.90. The predicted molar refractivity (Wildman–Crippen MR) is 121 cm³/mol. The third-order valence-electron chi connectivity index (χ3n) is 3.75. The minimum Gasteiger partial charge on any atom is -0.488 e. The first kappa shape index (κ1) is 20.2. The lowest BCUT2D eigenvalue weighted by molar-refractivity contribution is -0.122. The van der Waals surface area contributed by atoms with E-state index in [-0.39, 0.29) is 17.7 Å². The van der Waals surface area contributed by atoms with Crippen LogP contribution in [0.3, 0.4) is 0 Å². The molecule has 0 aliphatic carbocycles. The van der Waals surface area contributed by atoms with Gasteiger partial charge in [-0.3, -0.25) is 14.5 Å². The second-order valence-corrected chi connectivity index (χ2v) is 8.83. The number of halogens is 2. The topological polar surface area (TPSA) is 46.6 Å². The molecule has 27 heavy (non-hydrogen) atoms. The molecular formula is C20H15BrINO3S. The molecule has 1 aliphatic rings. The summed E-state index contributed by atoms with van der Waals surface area (Å²) in [5.41, 5.74) is 1.79. The first-order chi connectivity index (χ1) is 13.0. The summed E-state index contributed by atoms with van der Waals surface area (Å²) in [4.78, 5) is 26.0. The molecule has 0 aromatic heterocycles. The van der Waals surface area contributed by atoms with E-state index in [1.807, 2.05) is 42.5 Å². The maximum absolute atomic E-state index is 12.4. The molecule has 1 saturated heterocycles. The van der Waals surface area contributed by atoms with E-state index in [4.69, 9.17) is 4.74 Å². The molecule has 3 rings (SSSR count). The fourth-order valence-corrected chi connectivity index (χ4v) is 4.01. The predicted octanol–water partition coefficient (Wildman–Crippen LogP) is 5.86. The van der Waals surface area contributed by atoms with Gasteiger partial charge in [-0.2, -0.15) is 0 Å². The van der Waals surface area contributed by atoms with Crippen molar-refractivity contribution in [1.29, 1.82) is 0 Å². The highest BCUT2D eigenvalue weighted by Crippen LogP contribution is 2.35. The van der Waals surface area contributed by atoms with Gasteiger partial charge in [0.25, 0.3) is 11.1 Å². The normalized spacial score (nSPS) is 15.5. The standard InChI is InChI=1S/C20H15BrINO3S/c1-2-9-23-19(24)18(27-20(23)25)11-14-10-15(21)5-8-17(14)26-12-13-3-6-16(22)7-4-13/h2-8,10-11H,1,9,12H2/b18-11+. The van der Waals surface area contributed by atoms with E-state index in [1.165, 1.54) is 11.0 Å². The van der Waals surface area contributed by atoms with Crippen LogP contribution in [0.5, 0.6) is 5.75 Å². The number of hydrogen-bond acceptors (Lipinski definition) is 4. The molecule has 0 bridgehead atoms. The monoisotopic (exact) mass is 555 g/mol. The van der Waals surface area contributed by atoms with Crippen LogP contribution >= 0.6 is 50.3 Å². The van der Waals surface area contributed by atoms with Gasteiger partial charge in [0.1, 0.15) is 12.4 Å². The minimum absolute atomic E-state index is 0.205. The Morgan fingerprint density at radius 1 is 1.19 bits per heavy atom. The summed E-state index contributed by atoms with van der Waals surface area (Å²) in [5.74, 6) is 0.334. The zero-order valence-electron chi connectivity index (χ0n) is 14.2. The summed E-state index contributed by atoms with van der Waals surface area (Å²) in [6.45, 7) is 4.20. The van der Waals surface area contributed by atoms with Crippen molar-refractivity contribution in [2.45, 2.75) is 6.61 Å². The van der Waals surface area contributed by atoms with Gasteiger partial charge in [0.05, 0.1) is 4.91 Å². The first-order valence-electron chi connectivity index (χ1n) is 8.01. The summed E-state index contributed by atoms with van der Waals surface area (Å²) < 4.78 is 7.99. The number of ether oxygens (including phenoxy) is 1. The fourth-order valence-electron chi connectivity index (χ4n) is 2.43. The average molecular weight is 556 g/mol. The molecule has 7 heteroatoms. The van der Waals surface area contributed by atoms with E-state index < -0.39 is 0 Å². The summed E-state index contributed by atoms with van der Waals surface area (Å²) >= 11 is 6.63. The van der Waals surface area contributed by atoms with Crippen molar-refractivity contribution >= 4 is 67.5 Å². The molecule has 4 nitrogen and oxygen atoms in total. The molecule has 1 heterocycles. The van der Waals surface area contributed by atoms with Crippen LogP contribution in [-0.2, 0) is 11.4 Å². The third kappa shape index (κ3) is 5.03. The Bertz CT molecular complexity index is 927. The number of imide groups is 1. The van der Waals surface area contributed by atoms with Gasteiger partial charge < -0.3 is 4.74 Å². The molecule has 0 unspecified atom stereocenters. The van der Waals surface area contributed by atoms with E-state index in [2.05, 4.69) is 45.1 Å². The number of carbonyl (C=O) groups excluding carboxylic acids is 2. The molecule has 2 amide bonds. The quantitative estimate of drug-likeness (QED) is 0.255. The van der Waals surface area contributed by atoms with Gasteiger partial charge in [-0.15, -0.1) is 6.58 Å². The third-order valence-corrected chi connectivity index (χ3v) is 5.87. The van der Waals surface area contributed by atoms with Gasteiger partial charge in [-0.1, -0.05) is 34.1 Å². The second-order valence-electron chi connectivity index (χ2n) is 5.68. The van der Waals surface area contributed by atoms with Crippen molar-refractivity contribution in [3.05, 3.63) is 79.2 Å². The smallest absolute Gasteiger partial charge is 0.293 e. The zero-order chi connectivity index (χ0) is 19.4. The Labute approximate surface area is 183 Å². The molecule has 2 aromatic carbocycles. The van der Waals surface area contributed by atoms with Crippen LogP contribution in [0.4, 0.5) is 4.79 Å². The molecule has 138 valence electrons. The van der Waals surface area contributed by atoms with Gasteiger partial charge in [0.2, 0.25) is 0 Å². The Morgan fingerprint density at radius 3 is 2.63 bits per heavy atom. The lowest BCUT2D eigenvalue weighted by atomic mass is 10.1. The van der Waals surface area contributed by atoms with Crippen molar-refractivity contribution < 1.29 is 14.3 Å². The zero-order valence-corrected chi connectivity index (χ0v) is 18.7. The van der Waals surface area contributed by atoms with E-state index in [1.54, 1.807) is 6.08 Å². The molecule has 0 radical (unpaired) electrons. The molecular weight excluding hydrogens is 541 g/mol. The highest BCUT2D eigenvalue weighted by Gasteiger charge is 2.34. The van der Waals surface area contributed by atoms with Gasteiger partial charge in [0.15, 0.2) is 0 Å². The highest BCUT2D eigenvalue weighted by atomic mass is 127. The van der Waals surface area contributed by atoms with Crippen molar-refractivity contribution in [2.24, 2.45) is 0 Å². The van der Waals surface area contributed by atoms with Crippen LogP contribution in [0.2, 0.25) is 0 Å². The van der Waals surface area contributed by atoms with Crippen molar-refractivity contribution in [2.75, 3.05) is 6.54 Å². The van der Waals surface area contributed by atoms with Gasteiger partial charge >= 0.3 is 0 Å². The molecule has 0 saturated carbocycles. The maximum Gasteiger partial charge on any atom is 0.293 e. The van der Waals surface area contributed by atoms with Crippen molar-refractivity contribution in [1.82, 2.24) is 4.90 Å². The fraction of sp³-hybridized carbons (Fsp3) is 0.100. The Hall–Kier alpha value is -1.58. The minimum atomic E-state index is -0.312. The van der Waals surface area contributed by atoms with Crippen LogP contribution in [0, 0.1) is 3.57 Å². The van der Waals surface area contributed by atoms with Crippen LogP contribution in [0.1, 0.15) is 11.1 Å². The summed E-state index contributed by atoms with van der Waals surface area (Å²) in [6, 6.07) is 13.7. The van der Waals surface area contributed by atoms with Crippen LogP contribution in [0.15, 0.2) is 64.5 Å². The summed E-state index contributed by atoms with van der Waals surface area (Å²) in [6.07, 6.45) is 3.23. The van der Waals surface area contributed by atoms with E-state index >= 15 is 0 Å². The molecule has 1 aliphatic heterocycles. The maximum atomic E-state index is 12.4. The molecule has 2 aromatic rings. The largest absolute Gasteiger partial charge is 0.488 e. The number of thioether (sulfide) groups is 1. The van der Waals surface area contributed by atoms with E-state index in [0.717, 1.165) is 30.9 Å². The van der Waals surface area contributed by atoms with E-state index in [0.29, 0.717) is 17.3 Å². The number of carbonyl (C=O) groups is 2. The summed E-state index contributed by atoms with van der Waals surface area (Å²) in [7, 11) is 0. The Balaban J connectivity index is 1.84. The van der Waals surface area contributed by atoms with Gasteiger partial charge in [-0.05, 0) is 76.3 Å². The molecule has 0 N–H and O–H groups in total. The number of benzene rings is 2. The molecule has 0 spiro atoms. The van der Waals surface area contributed by atoms with Crippen LogP contribution in [0.25, 0.3) is 6.08 Å². The Morgan fingerprint density at radius 2 is 1.93 bits per heavy atom. The lowest BCUT2D eigenvalue weighted by Gasteiger charge is -2.11. The highest BCUT2D eigenvalue weighted by molar-refractivity contribution is 14.1. The number of amides is 2. The number of rotatable bonds is 6. The van der Waals surface area contributed by atoms with Crippen LogP contribution < -0.4 is 4.74 Å². The number of nitrogens with zero attached hydrogens (tertiary/aromatic N) is 1.